The van der Waals surface area contributed by atoms with Crippen LogP contribution < -0.4 is 14.8 Å². The first kappa shape index (κ1) is 28.8. The fraction of sp³-hybridized carbons (Fsp3) is 0.233. The lowest BCUT2D eigenvalue weighted by atomic mass is 10.2. The molecule has 0 aliphatic rings. The van der Waals surface area contributed by atoms with Crippen LogP contribution in [0.1, 0.15) is 25.8 Å². The zero-order valence-corrected chi connectivity index (χ0v) is 22.6. The number of allylic oxidation sites excluding steroid dienone is 3. The minimum absolute atomic E-state index is 0.0169. The summed E-state index contributed by atoms with van der Waals surface area (Å²) >= 11 is 0. The molecule has 0 saturated heterocycles. The molecule has 9 nitrogen and oxygen atoms in total. The number of amides is 1. The highest BCUT2D eigenvalue weighted by Gasteiger charge is 2.10. The summed E-state index contributed by atoms with van der Waals surface area (Å²) in [7, 11) is 0. The third kappa shape index (κ3) is 8.36. The molecular weight excluding hydrogens is 492 g/mol. The minimum Gasteiger partial charge on any atom is -0.493 e. The van der Waals surface area contributed by atoms with Gasteiger partial charge in [-0.2, -0.15) is 0 Å². The van der Waals surface area contributed by atoms with Crippen LogP contribution in [0.25, 0.3) is 10.9 Å². The Balaban J connectivity index is 1.65. The molecule has 2 N–H and O–H groups in total. The normalized spacial score (nSPS) is 11.6. The largest absolute Gasteiger partial charge is 0.493 e. The minimum atomic E-state index is 0.0169. The van der Waals surface area contributed by atoms with Gasteiger partial charge in [0.25, 0.3) is 0 Å². The van der Waals surface area contributed by atoms with Crippen LogP contribution in [-0.4, -0.2) is 53.0 Å². The van der Waals surface area contributed by atoms with Gasteiger partial charge in [0.1, 0.15) is 35.7 Å². The van der Waals surface area contributed by atoms with Crippen LogP contribution in [0.15, 0.2) is 84.4 Å². The molecule has 0 saturated carbocycles. The number of anilines is 2. The molecule has 9 heteroatoms. The molecule has 0 spiro atoms. The average molecular weight is 527 g/mol. The summed E-state index contributed by atoms with van der Waals surface area (Å²) in [5, 5.41) is 11.2. The summed E-state index contributed by atoms with van der Waals surface area (Å²) in [5.41, 5.74) is 2.52. The van der Waals surface area contributed by atoms with Crippen LogP contribution in [0.5, 0.6) is 11.5 Å². The molecule has 0 unspecified atom stereocenters. The van der Waals surface area contributed by atoms with Crippen LogP contribution in [0.4, 0.5) is 11.5 Å². The number of rotatable bonds is 14. The van der Waals surface area contributed by atoms with Gasteiger partial charge in [-0.05, 0) is 81.3 Å². The van der Waals surface area contributed by atoms with Crippen molar-refractivity contribution in [3.63, 3.8) is 0 Å². The van der Waals surface area contributed by atoms with E-state index >= 15 is 0 Å². The lowest BCUT2D eigenvalue weighted by Gasteiger charge is -2.19. The maximum absolute atomic E-state index is 12.0. The molecule has 3 rings (SSSR count). The molecule has 2 aromatic carbocycles. The number of carbonyl (C=O) groups is 1. The van der Waals surface area contributed by atoms with E-state index < -0.39 is 0 Å². The predicted octanol–water partition coefficient (Wildman–Crippen LogP) is 6.00. The van der Waals surface area contributed by atoms with Crippen molar-refractivity contribution in [2.75, 3.05) is 25.0 Å². The van der Waals surface area contributed by atoms with E-state index in [-0.39, 0.29) is 5.91 Å². The number of likely N-dealkylation sites (N-methyl/N-ethyl adjacent to an activating group) is 1. The number of nitrogens with one attached hydrogen (secondary N) is 2. The Labute approximate surface area is 229 Å². The number of nitrogens with zero attached hydrogens (tertiary/aromatic N) is 4. The Kier molecular flexibility index (Phi) is 10.9. The third-order valence-corrected chi connectivity index (χ3v) is 5.72. The molecule has 202 valence electrons. The van der Waals surface area contributed by atoms with Gasteiger partial charge >= 0.3 is 0 Å². The lowest BCUT2D eigenvalue weighted by Crippen LogP contribution is -2.31. The summed E-state index contributed by atoms with van der Waals surface area (Å²) in [6.45, 7) is 11.3. The molecule has 1 aromatic heterocycles. The highest BCUT2D eigenvalue weighted by molar-refractivity contribution is 5.91. The van der Waals surface area contributed by atoms with Crippen LogP contribution in [0, 0.1) is 12.3 Å². The SMILES string of the molecule is C=C/C(=C\C=NC=N)Oc1ccc(Nc2ncnc3cc(OCCCN(CC)C(=O)/C=C/C)ccc23)cc1C. The van der Waals surface area contributed by atoms with Crippen molar-refractivity contribution in [1.82, 2.24) is 14.9 Å². The molecule has 1 amide bonds. The standard InChI is InChI=1S/C30H34N6O3/c1-5-9-29(37)36(7-3)16-8-17-38-25-11-12-26-27(19-25)33-21-34-30(26)35-23-10-13-28(22(4)18-23)39-24(6-2)14-15-32-20-31/h5-6,9-15,18-21,31H,2,7-8,16-17H2,1,3-4H3,(H,33,34,35)/b9-5+,24-14+,31-20?,32-15?. The molecule has 1 heterocycles. The first-order valence-corrected chi connectivity index (χ1v) is 12.7. The second-order valence-corrected chi connectivity index (χ2v) is 8.43. The Morgan fingerprint density at radius 3 is 2.79 bits per heavy atom. The topological polar surface area (TPSA) is 113 Å². The average Bonchev–Trinajstić information content (AvgIpc) is 2.94. The van der Waals surface area contributed by atoms with E-state index in [1.54, 1.807) is 29.2 Å². The van der Waals surface area contributed by atoms with Crippen LogP contribution in [0.3, 0.4) is 0 Å². The molecule has 3 aromatic rings. The number of aliphatic imine (C=N–C) groups is 1. The smallest absolute Gasteiger partial charge is 0.246 e. The van der Waals surface area contributed by atoms with Gasteiger partial charge in [0.15, 0.2) is 0 Å². The number of ether oxygens (including phenoxy) is 2. The quantitative estimate of drug-likeness (QED) is 0.0665. The van der Waals surface area contributed by atoms with Gasteiger partial charge in [-0.15, -0.1) is 0 Å². The van der Waals surface area contributed by atoms with Crippen molar-refractivity contribution in [2.24, 2.45) is 4.99 Å². The Bertz CT molecular complexity index is 1400. The number of hydrogen-bond acceptors (Lipinski definition) is 7. The van der Waals surface area contributed by atoms with Crippen molar-refractivity contribution < 1.29 is 14.3 Å². The summed E-state index contributed by atoms with van der Waals surface area (Å²) in [6.07, 6.45) is 11.2. The van der Waals surface area contributed by atoms with Gasteiger partial charge in [-0.25, -0.2) is 15.0 Å². The predicted molar refractivity (Wildman–Crippen MR) is 157 cm³/mol. The van der Waals surface area contributed by atoms with Crippen LogP contribution >= 0.6 is 0 Å². The zero-order chi connectivity index (χ0) is 28.0. The zero-order valence-electron chi connectivity index (χ0n) is 22.6. The molecule has 0 radical (unpaired) electrons. The number of carbonyl (C=O) groups excluding carboxylic acids is 1. The second-order valence-electron chi connectivity index (χ2n) is 8.43. The maximum atomic E-state index is 12.0. The Morgan fingerprint density at radius 2 is 2.08 bits per heavy atom. The van der Waals surface area contributed by atoms with Crippen molar-refractivity contribution in [3.8, 4) is 11.5 Å². The number of hydrogen-bond donors (Lipinski definition) is 2. The van der Waals surface area contributed by atoms with E-state index in [2.05, 4.69) is 26.9 Å². The van der Waals surface area contributed by atoms with Gasteiger partial charge in [-0.1, -0.05) is 12.7 Å². The second kappa shape index (κ2) is 14.8. The first-order chi connectivity index (χ1) is 19.0. The van der Waals surface area contributed by atoms with E-state index in [0.29, 0.717) is 42.8 Å². The fourth-order valence-corrected chi connectivity index (χ4v) is 3.75. The summed E-state index contributed by atoms with van der Waals surface area (Å²) < 4.78 is 11.8. The highest BCUT2D eigenvalue weighted by atomic mass is 16.5. The molecule has 39 heavy (non-hydrogen) atoms. The fourth-order valence-electron chi connectivity index (χ4n) is 3.75. The Hall–Kier alpha value is -4.79. The van der Waals surface area contributed by atoms with Crippen LogP contribution in [-0.2, 0) is 4.79 Å². The number of benzene rings is 2. The van der Waals surface area contributed by atoms with Crippen LogP contribution in [0.2, 0.25) is 0 Å². The van der Waals surface area contributed by atoms with E-state index in [0.717, 1.165) is 34.9 Å². The molecule has 0 fully saturated rings. The van der Waals surface area contributed by atoms with E-state index in [9.17, 15) is 4.79 Å². The number of aromatic nitrogens is 2. The molecule has 0 bridgehead atoms. The van der Waals surface area contributed by atoms with Crippen molar-refractivity contribution >= 4 is 40.9 Å². The molecule has 0 aliphatic heterocycles. The molecular formula is C30H34N6O3. The third-order valence-electron chi connectivity index (χ3n) is 5.72. The number of fused-ring (bicyclic) bond motifs is 1. The maximum Gasteiger partial charge on any atom is 0.246 e. The lowest BCUT2D eigenvalue weighted by molar-refractivity contribution is -0.126. The summed E-state index contributed by atoms with van der Waals surface area (Å²) in [5.74, 6) is 2.61. The Morgan fingerprint density at radius 1 is 1.23 bits per heavy atom. The molecule has 0 aliphatic carbocycles. The summed E-state index contributed by atoms with van der Waals surface area (Å²) in [6, 6.07) is 11.4. The van der Waals surface area contributed by atoms with E-state index in [4.69, 9.17) is 14.9 Å². The van der Waals surface area contributed by atoms with Crippen molar-refractivity contribution in [3.05, 3.63) is 84.9 Å². The van der Waals surface area contributed by atoms with Gasteiger partial charge < -0.3 is 19.7 Å². The van der Waals surface area contributed by atoms with Gasteiger partial charge in [-0.3, -0.25) is 10.2 Å². The van der Waals surface area contributed by atoms with Gasteiger partial charge in [0.05, 0.1) is 12.1 Å². The van der Waals surface area contributed by atoms with Crippen molar-refractivity contribution in [2.45, 2.75) is 27.2 Å². The monoisotopic (exact) mass is 526 g/mol. The first-order valence-electron chi connectivity index (χ1n) is 12.7. The highest BCUT2D eigenvalue weighted by Crippen LogP contribution is 2.29. The van der Waals surface area contributed by atoms with E-state index in [1.165, 1.54) is 12.5 Å². The number of aryl methyl sites for hydroxylation is 1. The molecule has 0 atom stereocenters. The van der Waals surface area contributed by atoms with Gasteiger partial charge in [0.2, 0.25) is 5.91 Å². The summed E-state index contributed by atoms with van der Waals surface area (Å²) in [4.78, 5) is 26.4. The van der Waals surface area contributed by atoms with E-state index in [1.807, 2.05) is 57.2 Å². The van der Waals surface area contributed by atoms with Crippen molar-refractivity contribution in [1.29, 1.82) is 5.41 Å². The van der Waals surface area contributed by atoms with Gasteiger partial charge in [0, 0.05) is 36.4 Å².